The number of amides is 1. The first-order chi connectivity index (χ1) is 20.1. The highest BCUT2D eigenvalue weighted by Crippen LogP contribution is 2.45. The number of primary amides is 1. The van der Waals surface area contributed by atoms with Gasteiger partial charge in [-0.05, 0) is 57.9 Å². The SMILES string of the molecule is CC(C)(C)C1=C(c2ccc(S(=O)(=O)C3CC3)cc2)N=C(c2cc(-c3ccc(C#N)cc3)no2)C(OC(N)=O)N1C(C)(C)C. The summed E-state index contributed by atoms with van der Waals surface area (Å²) in [7, 11) is -3.37. The van der Waals surface area contributed by atoms with Gasteiger partial charge in [0.05, 0.1) is 27.5 Å². The molecule has 10 nitrogen and oxygen atoms in total. The largest absolute Gasteiger partial charge is 0.419 e. The van der Waals surface area contributed by atoms with E-state index in [1.807, 2.05) is 46.4 Å². The third-order valence-electron chi connectivity index (χ3n) is 7.32. The minimum atomic E-state index is -3.37. The van der Waals surface area contributed by atoms with Crippen LogP contribution in [-0.4, -0.2) is 47.3 Å². The lowest BCUT2D eigenvalue weighted by molar-refractivity contribution is -0.00611. The third-order valence-corrected chi connectivity index (χ3v) is 9.60. The van der Waals surface area contributed by atoms with E-state index in [0.717, 1.165) is 11.3 Å². The van der Waals surface area contributed by atoms with Crippen LogP contribution in [0.4, 0.5) is 4.79 Å². The van der Waals surface area contributed by atoms with E-state index in [0.29, 0.717) is 35.4 Å². The first kappa shape index (κ1) is 30.0. The van der Waals surface area contributed by atoms with Crippen molar-refractivity contribution in [2.75, 3.05) is 0 Å². The van der Waals surface area contributed by atoms with Crippen molar-refractivity contribution in [1.82, 2.24) is 10.1 Å². The van der Waals surface area contributed by atoms with Crippen LogP contribution < -0.4 is 5.73 Å². The lowest BCUT2D eigenvalue weighted by atomic mass is 9.83. The van der Waals surface area contributed by atoms with Gasteiger partial charge in [0.1, 0.15) is 11.4 Å². The molecule has 1 atom stereocenters. The zero-order valence-electron chi connectivity index (χ0n) is 25.1. The zero-order valence-corrected chi connectivity index (χ0v) is 25.9. The minimum Gasteiger partial charge on any atom is -0.419 e. The van der Waals surface area contributed by atoms with Crippen molar-refractivity contribution < 1.29 is 22.5 Å². The van der Waals surface area contributed by atoms with Crippen LogP contribution >= 0.6 is 0 Å². The van der Waals surface area contributed by atoms with Gasteiger partial charge >= 0.3 is 6.09 Å². The molecule has 43 heavy (non-hydrogen) atoms. The summed E-state index contributed by atoms with van der Waals surface area (Å²) in [4.78, 5) is 19.6. The first-order valence-corrected chi connectivity index (χ1v) is 15.6. The zero-order chi connectivity index (χ0) is 31.3. The fourth-order valence-electron chi connectivity index (χ4n) is 5.20. The molecule has 1 aromatic heterocycles. The predicted octanol–water partition coefficient (Wildman–Crippen LogP) is 5.89. The number of benzene rings is 2. The Morgan fingerprint density at radius 3 is 2.14 bits per heavy atom. The number of nitrogens with two attached hydrogens (primary N) is 1. The number of aliphatic imine (C=N–C) groups is 1. The number of nitrogens with zero attached hydrogens (tertiary/aromatic N) is 4. The Morgan fingerprint density at radius 1 is 1.02 bits per heavy atom. The Balaban J connectivity index is 1.71. The summed E-state index contributed by atoms with van der Waals surface area (Å²) in [5, 5.41) is 13.1. The van der Waals surface area contributed by atoms with Crippen LogP contribution in [0.15, 0.2) is 74.7 Å². The molecule has 1 aliphatic heterocycles. The maximum absolute atomic E-state index is 12.9. The number of carbonyl (C=O) groups excluding carboxylic acids is 1. The van der Waals surface area contributed by atoms with Gasteiger partial charge in [0.2, 0.25) is 6.23 Å². The molecule has 3 aromatic rings. The smallest absolute Gasteiger partial charge is 0.406 e. The average molecular weight is 602 g/mol. The van der Waals surface area contributed by atoms with Gasteiger partial charge in [0.15, 0.2) is 15.6 Å². The van der Waals surface area contributed by atoms with E-state index >= 15 is 0 Å². The molecule has 0 spiro atoms. The van der Waals surface area contributed by atoms with Crippen LogP contribution in [-0.2, 0) is 14.6 Å². The van der Waals surface area contributed by atoms with Crippen molar-refractivity contribution in [3.63, 3.8) is 0 Å². The quantitative estimate of drug-likeness (QED) is 0.367. The Hall–Kier alpha value is -4.43. The van der Waals surface area contributed by atoms with E-state index in [4.69, 9.17) is 25.2 Å². The molecular formula is C32H35N5O5S. The second kappa shape index (κ2) is 10.7. The summed E-state index contributed by atoms with van der Waals surface area (Å²) in [6.45, 7) is 12.1. The number of nitriles is 1. The molecule has 11 heteroatoms. The Kier molecular flexibility index (Phi) is 7.47. The molecule has 1 unspecified atom stereocenters. The number of hydrogen-bond donors (Lipinski definition) is 1. The van der Waals surface area contributed by atoms with Crippen molar-refractivity contribution >= 4 is 27.3 Å². The molecule has 2 aliphatic rings. The molecule has 224 valence electrons. The Morgan fingerprint density at radius 2 is 1.63 bits per heavy atom. The highest BCUT2D eigenvalue weighted by molar-refractivity contribution is 7.92. The molecule has 0 radical (unpaired) electrons. The Labute approximate surface area is 251 Å². The van der Waals surface area contributed by atoms with Crippen LogP contribution in [0.5, 0.6) is 0 Å². The van der Waals surface area contributed by atoms with Crippen LogP contribution in [0.2, 0.25) is 0 Å². The maximum Gasteiger partial charge on any atom is 0.406 e. The van der Waals surface area contributed by atoms with Gasteiger partial charge in [-0.3, -0.25) is 0 Å². The molecule has 1 amide bonds. The van der Waals surface area contributed by atoms with E-state index in [1.165, 1.54) is 0 Å². The summed E-state index contributed by atoms with van der Waals surface area (Å²) < 4.78 is 37.3. The van der Waals surface area contributed by atoms with Gasteiger partial charge in [-0.1, -0.05) is 50.2 Å². The number of rotatable bonds is 6. The number of sulfone groups is 1. The molecule has 0 saturated heterocycles. The second-order valence-corrected chi connectivity index (χ2v) is 15.0. The lowest BCUT2D eigenvalue weighted by Gasteiger charge is -2.49. The van der Waals surface area contributed by atoms with Crippen molar-refractivity contribution in [3.05, 3.63) is 77.2 Å². The van der Waals surface area contributed by atoms with Gasteiger partial charge in [0, 0.05) is 33.8 Å². The number of hydrogen-bond acceptors (Lipinski definition) is 9. The van der Waals surface area contributed by atoms with E-state index in [-0.39, 0.29) is 21.6 Å². The molecule has 1 fully saturated rings. The van der Waals surface area contributed by atoms with E-state index in [9.17, 15) is 13.2 Å². The van der Waals surface area contributed by atoms with Crippen LogP contribution in [0.1, 0.15) is 71.3 Å². The van der Waals surface area contributed by atoms with Gasteiger partial charge < -0.3 is 19.9 Å². The molecular weight excluding hydrogens is 566 g/mol. The second-order valence-electron chi connectivity index (χ2n) is 12.8. The fraction of sp³-hybridized carbons (Fsp3) is 0.375. The van der Waals surface area contributed by atoms with Crippen molar-refractivity contribution in [1.29, 1.82) is 5.26 Å². The molecule has 5 rings (SSSR count). The number of carbonyl (C=O) groups is 1. The first-order valence-electron chi connectivity index (χ1n) is 14.0. The monoisotopic (exact) mass is 601 g/mol. The van der Waals surface area contributed by atoms with Crippen molar-refractivity contribution in [2.45, 2.75) is 76.3 Å². The molecule has 1 aliphatic carbocycles. The summed E-state index contributed by atoms with van der Waals surface area (Å²) in [5.74, 6) is 0.262. The van der Waals surface area contributed by atoms with E-state index < -0.39 is 33.1 Å². The summed E-state index contributed by atoms with van der Waals surface area (Å²) in [6.07, 6.45) is -0.669. The summed E-state index contributed by atoms with van der Waals surface area (Å²) >= 11 is 0. The third kappa shape index (κ3) is 5.92. The summed E-state index contributed by atoms with van der Waals surface area (Å²) in [5.41, 5.74) is 8.57. The predicted molar refractivity (Wildman–Crippen MR) is 162 cm³/mol. The van der Waals surface area contributed by atoms with Crippen molar-refractivity contribution in [2.24, 2.45) is 16.1 Å². The lowest BCUT2D eigenvalue weighted by Crippen LogP contribution is -2.57. The standard InChI is InChI=1S/C32H35N5O5S/c1-31(2,3)28-26(21-11-13-22(14-12-21)43(39,40)23-15-16-23)35-27(29(41-30(34)38)37(28)32(4,5)6)25-17-24(36-42-25)20-9-7-19(18-33)8-10-20/h7-14,17,23,29H,15-16H2,1-6H3,(H2,34,38). The van der Waals surface area contributed by atoms with Crippen LogP contribution in [0.25, 0.3) is 17.0 Å². The fourth-order valence-corrected chi connectivity index (χ4v) is 6.86. The van der Waals surface area contributed by atoms with Crippen LogP contribution in [0, 0.1) is 16.7 Å². The Bertz CT molecular complexity index is 1760. The van der Waals surface area contributed by atoms with Gasteiger partial charge in [0.25, 0.3) is 0 Å². The van der Waals surface area contributed by atoms with Gasteiger partial charge in [-0.25, -0.2) is 18.2 Å². The van der Waals surface area contributed by atoms with Crippen molar-refractivity contribution in [3.8, 4) is 17.3 Å². The van der Waals surface area contributed by atoms with Gasteiger partial charge in [-0.2, -0.15) is 5.26 Å². The molecule has 2 aromatic carbocycles. The minimum absolute atomic E-state index is 0.262. The normalized spacial score (nSPS) is 17.8. The highest BCUT2D eigenvalue weighted by Gasteiger charge is 2.46. The maximum atomic E-state index is 12.9. The molecule has 1 saturated carbocycles. The van der Waals surface area contributed by atoms with Gasteiger partial charge in [-0.15, -0.1) is 0 Å². The number of ether oxygens (including phenoxy) is 1. The average Bonchev–Trinajstić information content (AvgIpc) is 3.69. The van der Waals surface area contributed by atoms with E-state index in [2.05, 4.69) is 11.2 Å². The molecule has 2 heterocycles. The van der Waals surface area contributed by atoms with E-state index in [1.54, 1.807) is 54.6 Å². The molecule has 2 N–H and O–H groups in total. The highest BCUT2D eigenvalue weighted by atomic mass is 32.2. The van der Waals surface area contributed by atoms with Crippen LogP contribution in [0.3, 0.4) is 0 Å². The molecule has 0 bridgehead atoms. The number of allylic oxidation sites excluding steroid dienone is 1. The number of aromatic nitrogens is 1. The summed E-state index contributed by atoms with van der Waals surface area (Å²) in [6, 6.07) is 17.5. The topological polar surface area (TPSA) is 152 Å².